The van der Waals surface area contributed by atoms with Gasteiger partial charge in [-0.3, -0.25) is 14.6 Å². The van der Waals surface area contributed by atoms with Crippen LogP contribution < -0.4 is 10.6 Å². The molecule has 1 aromatic heterocycles. The van der Waals surface area contributed by atoms with Gasteiger partial charge >= 0.3 is 6.18 Å². The number of aromatic nitrogens is 2. The highest BCUT2D eigenvalue weighted by atomic mass is 19.4. The zero-order valence-electron chi connectivity index (χ0n) is 21.7. The third-order valence-corrected chi connectivity index (χ3v) is 6.97. The van der Waals surface area contributed by atoms with Crippen LogP contribution in [0.25, 0.3) is 5.69 Å². The van der Waals surface area contributed by atoms with Gasteiger partial charge in [-0.05, 0) is 48.7 Å². The molecule has 3 aromatic rings. The molecule has 0 aliphatic carbocycles. The Labute approximate surface area is 228 Å². The second-order valence-corrected chi connectivity index (χ2v) is 9.90. The fourth-order valence-electron chi connectivity index (χ4n) is 4.77. The van der Waals surface area contributed by atoms with Crippen molar-refractivity contribution in [3.8, 4) is 5.69 Å². The lowest BCUT2D eigenvalue weighted by Gasteiger charge is -2.24. The Bertz CT molecular complexity index is 1460. The highest BCUT2D eigenvalue weighted by Gasteiger charge is 2.31. The molecule has 2 aliphatic heterocycles. The summed E-state index contributed by atoms with van der Waals surface area (Å²) in [5.74, 6) is -0.874. The van der Waals surface area contributed by atoms with Crippen LogP contribution in [0.15, 0.2) is 72.1 Å². The highest BCUT2D eigenvalue weighted by Crippen LogP contribution is 2.30. The van der Waals surface area contributed by atoms with Gasteiger partial charge < -0.3 is 15.4 Å². The van der Waals surface area contributed by atoms with Crippen molar-refractivity contribution in [2.24, 2.45) is 10.9 Å². The van der Waals surface area contributed by atoms with E-state index in [-0.39, 0.29) is 35.8 Å². The number of aryl methyl sites for hydroxylation is 1. The molecule has 0 spiro atoms. The number of nitrogens with one attached hydrogen (secondary N) is 2. The standard InChI is InChI=1S/C29H28F3N5O3/c1-18-5-6-23(35-27(38)12-19-3-2-4-22(11-19)29(30,31)32)13-26(18)37-16-21(14-34-37)24-15-33-9-7-25(24)36-28(39)20-8-10-40-17-20/h2-7,9,11,13-16,20,24-25H,8,10,12,17H2,1H3,(H,35,38)(H,36,39). The van der Waals surface area contributed by atoms with Gasteiger partial charge in [-0.15, -0.1) is 0 Å². The van der Waals surface area contributed by atoms with Gasteiger partial charge in [0.15, 0.2) is 0 Å². The number of anilines is 1. The summed E-state index contributed by atoms with van der Waals surface area (Å²) in [6.07, 6.45) is 4.87. The van der Waals surface area contributed by atoms with Crippen LogP contribution in [0.1, 0.15) is 34.6 Å². The maximum Gasteiger partial charge on any atom is 0.416 e. The van der Waals surface area contributed by atoms with Gasteiger partial charge in [0.1, 0.15) is 0 Å². The molecule has 11 heteroatoms. The summed E-state index contributed by atoms with van der Waals surface area (Å²) in [5, 5.41) is 10.4. The SMILES string of the molecule is Cc1ccc(NC(=O)Cc2cccc(C(F)(F)F)c2)cc1-n1cc(C2C=NC=CC2NC(=O)C2CCOC2)cn1. The number of halogens is 3. The molecule has 40 heavy (non-hydrogen) atoms. The first-order valence-electron chi connectivity index (χ1n) is 12.9. The number of aliphatic imine (C=N–C) groups is 1. The van der Waals surface area contributed by atoms with E-state index in [2.05, 4.69) is 20.7 Å². The lowest BCUT2D eigenvalue weighted by molar-refractivity contribution is -0.137. The minimum Gasteiger partial charge on any atom is -0.381 e. The van der Waals surface area contributed by atoms with Crippen molar-refractivity contribution < 1.29 is 27.5 Å². The molecular formula is C29H28F3N5O3. The second-order valence-electron chi connectivity index (χ2n) is 9.90. The molecule has 3 heterocycles. The molecule has 208 valence electrons. The van der Waals surface area contributed by atoms with Gasteiger partial charge in [0.05, 0.1) is 42.4 Å². The number of amides is 2. The molecule has 2 aliphatic rings. The number of benzene rings is 2. The Morgan fingerprint density at radius 1 is 1.18 bits per heavy atom. The van der Waals surface area contributed by atoms with Crippen LogP contribution in [-0.2, 0) is 26.9 Å². The summed E-state index contributed by atoms with van der Waals surface area (Å²) in [4.78, 5) is 29.6. The summed E-state index contributed by atoms with van der Waals surface area (Å²) in [7, 11) is 0. The van der Waals surface area contributed by atoms with E-state index in [4.69, 9.17) is 4.74 Å². The molecular weight excluding hydrogens is 523 g/mol. The zero-order chi connectivity index (χ0) is 28.3. The Balaban J connectivity index is 1.29. The van der Waals surface area contributed by atoms with Crippen molar-refractivity contribution in [2.45, 2.75) is 37.9 Å². The van der Waals surface area contributed by atoms with Crippen LogP contribution >= 0.6 is 0 Å². The summed E-state index contributed by atoms with van der Waals surface area (Å²) in [5.41, 5.74) is 2.42. The van der Waals surface area contributed by atoms with Gasteiger partial charge in [0.2, 0.25) is 11.8 Å². The van der Waals surface area contributed by atoms with Crippen LogP contribution in [0, 0.1) is 12.8 Å². The summed E-state index contributed by atoms with van der Waals surface area (Å²) >= 11 is 0. The number of hydrogen-bond acceptors (Lipinski definition) is 5. The Hall–Kier alpha value is -4.25. The minimum absolute atomic E-state index is 0.0516. The number of nitrogens with zero attached hydrogens (tertiary/aromatic N) is 3. The quantitative estimate of drug-likeness (QED) is 0.449. The average molecular weight is 552 g/mol. The first-order valence-corrected chi connectivity index (χ1v) is 12.9. The predicted octanol–water partition coefficient (Wildman–Crippen LogP) is 4.58. The molecule has 3 atom stereocenters. The molecule has 2 aromatic carbocycles. The Kier molecular flexibility index (Phi) is 7.83. The summed E-state index contributed by atoms with van der Waals surface area (Å²) in [6.45, 7) is 2.91. The van der Waals surface area contributed by atoms with Crippen molar-refractivity contribution in [3.63, 3.8) is 0 Å². The molecule has 1 fully saturated rings. The lowest BCUT2D eigenvalue weighted by Crippen LogP contribution is -2.42. The maximum atomic E-state index is 13.0. The average Bonchev–Trinajstić information content (AvgIpc) is 3.63. The van der Waals surface area contributed by atoms with E-state index in [1.165, 1.54) is 12.1 Å². The predicted molar refractivity (Wildman–Crippen MR) is 143 cm³/mol. The molecule has 0 bridgehead atoms. The van der Waals surface area contributed by atoms with Crippen LogP contribution in [0.2, 0.25) is 0 Å². The Morgan fingerprint density at radius 2 is 2.02 bits per heavy atom. The number of carbonyl (C=O) groups excluding carboxylic acids is 2. The van der Waals surface area contributed by atoms with Gasteiger partial charge in [0, 0.05) is 42.4 Å². The largest absolute Gasteiger partial charge is 0.416 e. The first-order chi connectivity index (χ1) is 19.2. The number of carbonyl (C=O) groups is 2. The number of alkyl halides is 3. The molecule has 8 nitrogen and oxygen atoms in total. The number of hydrogen-bond donors (Lipinski definition) is 2. The molecule has 0 radical (unpaired) electrons. The van der Waals surface area contributed by atoms with E-state index >= 15 is 0 Å². The molecule has 1 saturated heterocycles. The monoisotopic (exact) mass is 551 g/mol. The zero-order valence-corrected chi connectivity index (χ0v) is 21.7. The topological polar surface area (TPSA) is 97.6 Å². The smallest absolute Gasteiger partial charge is 0.381 e. The van der Waals surface area contributed by atoms with Crippen LogP contribution in [0.5, 0.6) is 0 Å². The van der Waals surface area contributed by atoms with E-state index in [0.29, 0.717) is 25.3 Å². The van der Waals surface area contributed by atoms with Gasteiger partial charge in [0.25, 0.3) is 0 Å². The third-order valence-electron chi connectivity index (χ3n) is 6.97. The van der Waals surface area contributed by atoms with Crippen LogP contribution in [-0.4, -0.2) is 47.1 Å². The van der Waals surface area contributed by atoms with Crippen LogP contribution in [0.3, 0.4) is 0 Å². The first kappa shape index (κ1) is 27.3. The van der Waals surface area contributed by atoms with E-state index in [1.54, 1.807) is 35.4 Å². The lowest BCUT2D eigenvalue weighted by atomic mass is 9.92. The highest BCUT2D eigenvalue weighted by molar-refractivity contribution is 5.92. The van der Waals surface area contributed by atoms with E-state index in [1.807, 2.05) is 25.3 Å². The van der Waals surface area contributed by atoms with Crippen molar-refractivity contribution in [1.29, 1.82) is 0 Å². The Morgan fingerprint density at radius 3 is 2.80 bits per heavy atom. The maximum absolute atomic E-state index is 13.0. The number of ether oxygens (including phenoxy) is 1. The third kappa shape index (κ3) is 6.31. The molecule has 5 rings (SSSR count). The van der Waals surface area contributed by atoms with Gasteiger partial charge in [-0.25, -0.2) is 4.68 Å². The fraction of sp³-hybridized carbons (Fsp3) is 0.310. The molecule has 3 unspecified atom stereocenters. The van der Waals surface area contributed by atoms with Crippen LogP contribution in [0.4, 0.5) is 18.9 Å². The van der Waals surface area contributed by atoms with Gasteiger partial charge in [-0.1, -0.05) is 24.3 Å². The molecule has 0 saturated carbocycles. The van der Waals surface area contributed by atoms with E-state index < -0.39 is 17.6 Å². The molecule has 2 amide bonds. The fourth-order valence-corrected chi connectivity index (χ4v) is 4.77. The summed E-state index contributed by atoms with van der Waals surface area (Å²) < 4.78 is 46.1. The summed E-state index contributed by atoms with van der Waals surface area (Å²) in [6, 6.07) is 9.75. The van der Waals surface area contributed by atoms with Crippen molar-refractivity contribution in [3.05, 3.63) is 89.4 Å². The number of rotatable bonds is 7. The van der Waals surface area contributed by atoms with E-state index in [0.717, 1.165) is 28.9 Å². The van der Waals surface area contributed by atoms with Crippen molar-refractivity contribution in [2.75, 3.05) is 18.5 Å². The van der Waals surface area contributed by atoms with Crippen molar-refractivity contribution >= 4 is 23.7 Å². The molecule has 2 N–H and O–H groups in total. The van der Waals surface area contributed by atoms with E-state index in [9.17, 15) is 22.8 Å². The van der Waals surface area contributed by atoms with Crippen molar-refractivity contribution in [1.82, 2.24) is 15.1 Å². The van der Waals surface area contributed by atoms with Gasteiger partial charge in [-0.2, -0.15) is 18.3 Å². The normalized spacial score (nSPS) is 20.4. The minimum atomic E-state index is -4.47. The second kappa shape index (κ2) is 11.5.